The molecule has 2 rings (SSSR count). The van der Waals surface area contributed by atoms with Crippen LogP contribution in [-0.2, 0) is 13.6 Å². The van der Waals surface area contributed by atoms with Gasteiger partial charge in [-0.2, -0.15) is 0 Å². The lowest BCUT2D eigenvalue weighted by molar-refractivity contribution is -0.671. The summed E-state index contributed by atoms with van der Waals surface area (Å²) in [5.41, 5.74) is -0.334. The lowest BCUT2D eigenvalue weighted by Gasteiger charge is -2.06. The van der Waals surface area contributed by atoms with Gasteiger partial charge in [0, 0.05) is 0 Å². The molecule has 0 bridgehead atoms. The van der Waals surface area contributed by atoms with Crippen LogP contribution in [0.25, 0.3) is 0 Å². The van der Waals surface area contributed by atoms with E-state index in [0.717, 1.165) is 0 Å². The maximum atomic E-state index is 11.2. The van der Waals surface area contributed by atoms with Gasteiger partial charge < -0.3 is 10.1 Å². The van der Waals surface area contributed by atoms with Crippen molar-refractivity contribution < 1.29 is 9.67 Å². The fourth-order valence-corrected chi connectivity index (χ4v) is 1.50. The molecule has 84 valence electrons. The summed E-state index contributed by atoms with van der Waals surface area (Å²) in [7, 11) is 1.86. The van der Waals surface area contributed by atoms with E-state index in [1.807, 2.05) is 22.8 Å². The SMILES string of the molecule is C[n+]1ccn(Cc2nc([O-])[nH]c(=O)c2Cl)c1. The summed E-state index contributed by atoms with van der Waals surface area (Å²) >= 11 is 5.76. The Hall–Kier alpha value is -1.82. The molecule has 0 aromatic carbocycles. The van der Waals surface area contributed by atoms with Crippen molar-refractivity contribution in [3.05, 3.63) is 39.8 Å². The Labute approximate surface area is 95.8 Å². The number of nitrogens with zero attached hydrogens (tertiary/aromatic N) is 3. The minimum Gasteiger partial charge on any atom is -0.846 e. The molecule has 0 saturated heterocycles. The zero-order valence-electron chi connectivity index (χ0n) is 8.48. The number of imidazole rings is 1. The van der Waals surface area contributed by atoms with Gasteiger partial charge in [-0.05, 0) is 0 Å². The number of aromatic amines is 1. The molecule has 7 heteroatoms. The predicted octanol–water partition coefficient (Wildman–Crippen LogP) is -0.829. The van der Waals surface area contributed by atoms with Crippen LogP contribution in [0.1, 0.15) is 5.69 Å². The molecular formula is C9H9ClN4O2. The minimum atomic E-state index is -0.680. The molecular weight excluding hydrogens is 232 g/mol. The van der Waals surface area contributed by atoms with Crippen LogP contribution in [0, 0.1) is 0 Å². The number of hydrogen-bond acceptors (Lipinski definition) is 3. The number of rotatable bonds is 2. The third-order valence-electron chi connectivity index (χ3n) is 2.07. The first-order valence-electron chi connectivity index (χ1n) is 4.53. The van der Waals surface area contributed by atoms with Crippen molar-refractivity contribution in [2.45, 2.75) is 6.54 Å². The molecule has 0 atom stereocenters. The smallest absolute Gasteiger partial charge is 0.269 e. The van der Waals surface area contributed by atoms with Crippen molar-refractivity contribution >= 4 is 11.6 Å². The van der Waals surface area contributed by atoms with Crippen LogP contribution >= 0.6 is 11.6 Å². The molecule has 2 aromatic heterocycles. The summed E-state index contributed by atoms with van der Waals surface area (Å²) < 4.78 is 3.60. The second kappa shape index (κ2) is 3.97. The van der Waals surface area contributed by atoms with Gasteiger partial charge in [0.1, 0.15) is 29.7 Å². The van der Waals surface area contributed by atoms with E-state index in [0.29, 0.717) is 6.54 Å². The third-order valence-corrected chi connectivity index (χ3v) is 2.46. The van der Waals surface area contributed by atoms with Gasteiger partial charge in [0.25, 0.3) is 5.56 Å². The highest BCUT2D eigenvalue weighted by Crippen LogP contribution is 2.10. The zero-order chi connectivity index (χ0) is 11.7. The lowest BCUT2D eigenvalue weighted by Crippen LogP contribution is -2.24. The van der Waals surface area contributed by atoms with Crippen LogP contribution in [0.3, 0.4) is 0 Å². The molecule has 2 aromatic rings. The van der Waals surface area contributed by atoms with Crippen LogP contribution < -0.4 is 15.2 Å². The van der Waals surface area contributed by atoms with Crippen molar-refractivity contribution in [3.63, 3.8) is 0 Å². The van der Waals surface area contributed by atoms with Crippen molar-refractivity contribution in [2.24, 2.45) is 7.05 Å². The Morgan fingerprint density at radius 1 is 1.69 bits per heavy atom. The Kier molecular flexibility index (Phi) is 2.66. The van der Waals surface area contributed by atoms with Crippen LogP contribution in [0.5, 0.6) is 6.01 Å². The van der Waals surface area contributed by atoms with Crippen LogP contribution in [-0.4, -0.2) is 14.5 Å². The zero-order valence-corrected chi connectivity index (χ0v) is 9.23. The average Bonchev–Trinajstić information content (AvgIpc) is 2.60. The number of aryl methyl sites for hydroxylation is 1. The fourth-order valence-electron chi connectivity index (χ4n) is 1.36. The van der Waals surface area contributed by atoms with Crippen LogP contribution in [0.15, 0.2) is 23.5 Å². The van der Waals surface area contributed by atoms with Crippen molar-refractivity contribution in [2.75, 3.05) is 0 Å². The first kappa shape index (κ1) is 10.7. The van der Waals surface area contributed by atoms with Gasteiger partial charge in [0.05, 0.1) is 13.1 Å². The molecule has 0 unspecified atom stereocenters. The highest BCUT2D eigenvalue weighted by Gasteiger charge is 2.10. The van der Waals surface area contributed by atoms with Crippen molar-refractivity contribution in [1.82, 2.24) is 14.5 Å². The third kappa shape index (κ3) is 2.06. The van der Waals surface area contributed by atoms with Crippen molar-refractivity contribution in [1.29, 1.82) is 0 Å². The average molecular weight is 241 g/mol. The summed E-state index contributed by atoms with van der Waals surface area (Å²) in [5, 5.41) is 11.0. The molecule has 6 nitrogen and oxygen atoms in total. The molecule has 0 aliphatic carbocycles. The molecule has 2 heterocycles. The van der Waals surface area contributed by atoms with E-state index in [1.165, 1.54) is 0 Å². The quantitative estimate of drug-likeness (QED) is 0.696. The second-order valence-electron chi connectivity index (χ2n) is 3.38. The molecule has 0 amide bonds. The number of hydrogen-bond donors (Lipinski definition) is 1. The van der Waals surface area contributed by atoms with Crippen LogP contribution in [0.2, 0.25) is 5.02 Å². The number of nitrogens with one attached hydrogen (secondary N) is 1. The summed E-state index contributed by atoms with van der Waals surface area (Å²) in [6.45, 7) is 0.291. The molecule has 0 aliphatic heterocycles. The topological polar surface area (TPSA) is 77.6 Å². The summed E-state index contributed by atoms with van der Waals surface area (Å²) in [5.74, 6) is 0. The van der Waals surface area contributed by atoms with Gasteiger partial charge in [0.15, 0.2) is 0 Å². The first-order valence-corrected chi connectivity index (χ1v) is 4.91. The predicted molar refractivity (Wildman–Crippen MR) is 54.0 cm³/mol. The number of aromatic nitrogens is 4. The van der Waals surface area contributed by atoms with E-state index in [4.69, 9.17) is 11.6 Å². The highest BCUT2D eigenvalue weighted by atomic mass is 35.5. The molecule has 0 aliphatic rings. The van der Waals surface area contributed by atoms with Gasteiger partial charge in [-0.3, -0.25) is 4.79 Å². The number of H-pyrrole nitrogens is 1. The first-order chi connectivity index (χ1) is 7.56. The van der Waals surface area contributed by atoms with E-state index < -0.39 is 11.6 Å². The van der Waals surface area contributed by atoms with E-state index >= 15 is 0 Å². The Balaban J connectivity index is 2.38. The highest BCUT2D eigenvalue weighted by molar-refractivity contribution is 6.31. The molecule has 0 fully saturated rings. The van der Waals surface area contributed by atoms with Crippen LogP contribution in [0.4, 0.5) is 0 Å². The van der Waals surface area contributed by atoms with Gasteiger partial charge >= 0.3 is 0 Å². The molecule has 0 radical (unpaired) electrons. The molecule has 1 N–H and O–H groups in total. The monoisotopic (exact) mass is 240 g/mol. The van der Waals surface area contributed by atoms with Gasteiger partial charge in [-0.1, -0.05) is 11.6 Å². The molecule has 0 spiro atoms. The summed E-state index contributed by atoms with van der Waals surface area (Å²) in [6.07, 6.45) is 5.42. The fraction of sp³-hybridized carbons (Fsp3) is 0.222. The maximum absolute atomic E-state index is 11.2. The van der Waals surface area contributed by atoms with Gasteiger partial charge in [-0.15, -0.1) is 0 Å². The largest absolute Gasteiger partial charge is 0.846 e. The standard InChI is InChI=1S/C9H9ClN4O2/c1-13-2-3-14(5-13)4-6-7(10)8(15)12-9(16)11-6/h2-3,5H,4H2,1H3,(H-,11,12,15,16). The lowest BCUT2D eigenvalue weighted by atomic mass is 10.4. The summed E-state index contributed by atoms with van der Waals surface area (Å²) in [6, 6.07) is -0.680. The van der Waals surface area contributed by atoms with Crippen molar-refractivity contribution in [3.8, 4) is 6.01 Å². The van der Waals surface area contributed by atoms with Gasteiger partial charge in [-0.25, -0.2) is 14.1 Å². The molecule has 0 saturated carbocycles. The summed E-state index contributed by atoms with van der Waals surface area (Å²) in [4.78, 5) is 16.9. The second-order valence-corrected chi connectivity index (χ2v) is 3.76. The Morgan fingerprint density at radius 3 is 3.06 bits per heavy atom. The Bertz CT molecular complexity index is 575. The van der Waals surface area contributed by atoms with E-state index in [1.54, 1.807) is 17.1 Å². The van der Waals surface area contributed by atoms with Gasteiger partial charge in [0.2, 0.25) is 6.33 Å². The van der Waals surface area contributed by atoms with E-state index in [-0.39, 0.29) is 10.7 Å². The minimum absolute atomic E-state index is 0.0454. The van der Waals surface area contributed by atoms with E-state index in [2.05, 4.69) is 4.98 Å². The number of halogens is 1. The normalized spacial score (nSPS) is 10.6. The Morgan fingerprint density at radius 2 is 2.44 bits per heavy atom. The maximum Gasteiger partial charge on any atom is 0.269 e. The van der Waals surface area contributed by atoms with E-state index in [9.17, 15) is 9.90 Å². The molecule has 16 heavy (non-hydrogen) atoms.